The quantitative estimate of drug-likeness (QED) is 0.226. The van der Waals surface area contributed by atoms with E-state index in [1.165, 1.54) is 10.9 Å². The largest absolute Gasteiger partial charge is 0.454 e. The van der Waals surface area contributed by atoms with Crippen molar-refractivity contribution >= 4 is 28.9 Å². The SMILES string of the molecule is CN(Cc1ccccc1)C(=O)c1cccc(Nc2c(Oc3ccc4c(c3)OCO4)cnn(-c3cccc(Cl)c3)c2=O)c1. The molecule has 9 nitrogen and oxygen atoms in total. The van der Waals surface area contributed by atoms with E-state index in [1.54, 1.807) is 78.7 Å². The third-order valence-corrected chi connectivity index (χ3v) is 6.79. The van der Waals surface area contributed by atoms with E-state index < -0.39 is 5.56 Å². The highest BCUT2D eigenvalue weighted by Gasteiger charge is 2.19. The topological polar surface area (TPSA) is 94.9 Å². The third kappa shape index (κ3) is 5.77. The first-order valence-corrected chi connectivity index (χ1v) is 13.4. The van der Waals surface area contributed by atoms with Gasteiger partial charge in [0.2, 0.25) is 6.79 Å². The van der Waals surface area contributed by atoms with E-state index in [0.29, 0.717) is 45.8 Å². The van der Waals surface area contributed by atoms with Gasteiger partial charge in [0.05, 0.1) is 11.9 Å². The molecule has 1 N–H and O–H groups in total. The lowest BCUT2D eigenvalue weighted by molar-refractivity contribution is 0.0785. The van der Waals surface area contributed by atoms with E-state index in [4.69, 9.17) is 25.8 Å². The average Bonchev–Trinajstić information content (AvgIpc) is 3.47. The number of anilines is 2. The Bertz CT molecular complexity index is 1830. The molecule has 2 heterocycles. The van der Waals surface area contributed by atoms with Crippen molar-refractivity contribution < 1.29 is 19.0 Å². The molecule has 4 aromatic carbocycles. The first-order chi connectivity index (χ1) is 20.4. The number of carbonyl (C=O) groups excluding carboxylic acids is 1. The molecule has 0 radical (unpaired) electrons. The van der Waals surface area contributed by atoms with Crippen molar-refractivity contribution in [3.8, 4) is 28.7 Å². The summed E-state index contributed by atoms with van der Waals surface area (Å²) in [5.41, 5.74) is 2.12. The van der Waals surface area contributed by atoms with E-state index >= 15 is 0 Å². The van der Waals surface area contributed by atoms with Gasteiger partial charge in [0, 0.05) is 35.9 Å². The molecular weight excluding hydrogens is 556 g/mol. The van der Waals surface area contributed by atoms with Crippen molar-refractivity contribution in [1.29, 1.82) is 0 Å². The Morgan fingerprint density at radius 2 is 1.79 bits per heavy atom. The van der Waals surface area contributed by atoms with Crippen LogP contribution in [-0.2, 0) is 6.54 Å². The number of aromatic nitrogens is 2. The van der Waals surface area contributed by atoms with E-state index in [1.807, 2.05) is 30.3 Å². The maximum absolute atomic E-state index is 13.8. The van der Waals surface area contributed by atoms with Crippen LogP contribution >= 0.6 is 11.6 Å². The van der Waals surface area contributed by atoms with Crippen molar-refractivity contribution in [2.75, 3.05) is 19.2 Å². The van der Waals surface area contributed by atoms with E-state index in [0.717, 1.165) is 5.56 Å². The molecule has 1 amide bonds. The number of fused-ring (bicyclic) bond motifs is 1. The van der Waals surface area contributed by atoms with Crippen LogP contribution in [0.15, 0.2) is 108 Å². The lowest BCUT2D eigenvalue weighted by Gasteiger charge is -2.18. The Hall–Kier alpha value is -5.28. The number of benzene rings is 4. The minimum absolute atomic E-state index is 0.116. The number of hydrogen-bond donors (Lipinski definition) is 1. The van der Waals surface area contributed by atoms with Crippen LogP contribution in [-0.4, -0.2) is 34.4 Å². The fourth-order valence-corrected chi connectivity index (χ4v) is 4.70. The molecule has 0 unspecified atom stereocenters. The summed E-state index contributed by atoms with van der Waals surface area (Å²) < 4.78 is 18.2. The second kappa shape index (κ2) is 11.7. The summed E-state index contributed by atoms with van der Waals surface area (Å²) >= 11 is 6.18. The van der Waals surface area contributed by atoms with E-state index in [9.17, 15) is 9.59 Å². The van der Waals surface area contributed by atoms with Crippen molar-refractivity contribution in [1.82, 2.24) is 14.7 Å². The molecule has 0 spiro atoms. The van der Waals surface area contributed by atoms with Gasteiger partial charge in [0.15, 0.2) is 22.9 Å². The van der Waals surface area contributed by atoms with E-state index in [-0.39, 0.29) is 24.1 Å². The highest BCUT2D eigenvalue weighted by atomic mass is 35.5. The summed E-state index contributed by atoms with van der Waals surface area (Å²) in [6.07, 6.45) is 1.44. The zero-order valence-corrected chi connectivity index (χ0v) is 23.2. The molecule has 0 atom stereocenters. The lowest BCUT2D eigenvalue weighted by Crippen LogP contribution is -2.26. The Morgan fingerprint density at radius 1 is 0.976 bits per heavy atom. The van der Waals surface area contributed by atoms with Gasteiger partial charge >= 0.3 is 0 Å². The average molecular weight is 581 g/mol. The molecule has 0 fully saturated rings. The van der Waals surface area contributed by atoms with Gasteiger partial charge in [-0.2, -0.15) is 9.78 Å². The van der Waals surface area contributed by atoms with Crippen LogP contribution < -0.4 is 25.1 Å². The molecule has 0 bridgehead atoms. The van der Waals surface area contributed by atoms with Gasteiger partial charge in [-0.15, -0.1) is 0 Å². The van der Waals surface area contributed by atoms with Gasteiger partial charge in [-0.1, -0.05) is 54.1 Å². The van der Waals surface area contributed by atoms with Crippen molar-refractivity contribution in [3.63, 3.8) is 0 Å². The molecule has 6 rings (SSSR count). The maximum Gasteiger partial charge on any atom is 0.299 e. The standard InChI is InChI=1S/C32H25ClN4O5/c1-36(19-21-7-3-2-4-8-21)31(38)22-9-5-11-24(15-22)35-30-29(42-26-13-14-27-28(17-26)41-20-40-27)18-34-37(32(30)39)25-12-6-10-23(33)16-25/h2-18,35H,19-20H2,1H3. The normalized spacial score (nSPS) is 11.7. The summed E-state index contributed by atoms with van der Waals surface area (Å²) in [5, 5.41) is 7.96. The summed E-state index contributed by atoms with van der Waals surface area (Å²) in [4.78, 5) is 28.7. The molecule has 0 saturated heterocycles. The number of ether oxygens (including phenoxy) is 3. The smallest absolute Gasteiger partial charge is 0.299 e. The van der Waals surface area contributed by atoms with Crippen LogP contribution in [0.2, 0.25) is 5.02 Å². The van der Waals surface area contributed by atoms with Gasteiger partial charge in [0.25, 0.3) is 11.5 Å². The van der Waals surface area contributed by atoms with Crippen LogP contribution in [0.4, 0.5) is 11.4 Å². The second-order valence-electron chi connectivity index (χ2n) is 9.55. The van der Waals surface area contributed by atoms with E-state index in [2.05, 4.69) is 10.4 Å². The zero-order chi connectivity index (χ0) is 29.1. The highest BCUT2D eigenvalue weighted by Crippen LogP contribution is 2.38. The Kier molecular flexibility index (Phi) is 7.49. The van der Waals surface area contributed by atoms with Crippen LogP contribution in [0, 0.1) is 0 Å². The molecule has 1 aliphatic rings. The molecule has 1 aromatic heterocycles. The Labute approximate surface area is 246 Å². The molecular formula is C32H25ClN4O5. The summed E-state index contributed by atoms with van der Waals surface area (Å²) in [6, 6.07) is 28.6. The first-order valence-electron chi connectivity index (χ1n) is 13.1. The first kappa shape index (κ1) is 26.9. The van der Waals surface area contributed by atoms with Crippen molar-refractivity contribution in [2.24, 2.45) is 0 Å². The predicted octanol–water partition coefficient (Wildman–Crippen LogP) is 6.42. The number of halogens is 1. The van der Waals surface area contributed by atoms with Crippen LogP contribution in [0.1, 0.15) is 15.9 Å². The van der Waals surface area contributed by atoms with Crippen LogP contribution in [0.25, 0.3) is 5.69 Å². The minimum atomic E-state index is -0.478. The summed E-state index contributed by atoms with van der Waals surface area (Å²) in [7, 11) is 1.75. The number of carbonyl (C=O) groups is 1. The second-order valence-corrected chi connectivity index (χ2v) is 9.99. The monoisotopic (exact) mass is 580 g/mol. The minimum Gasteiger partial charge on any atom is -0.454 e. The number of hydrogen-bond acceptors (Lipinski definition) is 7. The van der Waals surface area contributed by atoms with Crippen molar-refractivity contribution in [3.05, 3.63) is 130 Å². The highest BCUT2D eigenvalue weighted by molar-refractivity contribution is 6.30. The fraction of sp³-hybridized carbons (Fsp3) is 0.0938. The maximum atomic E-state index is 13.8. The number of nitrogens with one attached hydrogen (secondary N) is 1. The molecule has 0 aliphatic carbocycles. The molecule has 210 valence electrons. The van der Waals surface area contributed by atoms with Gasteiger partial charge in [-0.25, -0.2) is 0 Å². The third-order valence-electron chi connectivity index (χ3n) is 6.56. The molecule has 42 heavy (non-hydrogen) atoms. The van der Waals surface area contributed by atoms with Gasteiger partial charge in [0.1, 0.15) is 5.75 Å². The fourth-order valence-electron chi connectivity index (χ4n) is 4.51. The summed E-state index contributed by atoms with van der Waals surface area (Å²) in [6.45, 7) is 0.581. The summed E-state index contributed by atoms with van der Waals surface area (Å²) in [5.74, 6) is 1.58. The van der Waals surface area contributed by atoms with Gasteiger partial charge in [-0.05, 0) is 54.1 Å². The Balaban J connectivity index is 1.33. The lowest BCUT2D eigenvalue weighted by atomic mass is 10.1. The molecule has 0 saturated carbocycles. The number of nitrogens with zero attached hydrogens (tertiary/aromatic N) is 3. The van der Waals surface area contributed by atoms with Crippen molar-refractivity contribution in [2.45, 2.75) is 6.54 Å². The predicted molar refractivity (Wildman–Crippen MR) is 159 cm³/mol. The molecule has 1 aliphatic heterocycles. The van der Waals surface area contributed by atoms with Crippen LogP contribution in [0.3, 0.4) is 0 Å². The molecule has 5 aromatic rings. The number of amides is 1. The van der Waals surface area contributed by atoms with Gasteiger partial charge < -0.3 is 24.4 Å². The Morgan fingerprint density at radius 3 is 2.62 bits per heavy atom. The molecule has 10 heteroatoms. The van der Waals surface area contributed by atoms with Gasteiger partial charge in [-0.3, -0.25) is 9.59 Å². The number of rotatable bonds is 8. The zero-order valence-electron chi connectivity index (χ0n) is 22.5. The van der Waals surface area contributed by atoms with Crippen LogP contribution in [0.5, 0.6) is 23.0 Å².